The number of β-amino-alcohol motifs (C(OH)–C–C–N with tert-alkyl or cyclic N) is 1. The molecule has 0 amide bonds. The minimum atomic E-state index is -0.532. The van der Waals surface area contributed by atoms with Gasteiger partial charge in [0.05, 0.1) is 0 Å². The molecule has 1 aromatic rings. The van der Waals surface area contributed by atoms with Gasteiger partial charge in [-0.15, -0.1) is 12.4 Å². The van der Waals surface area contributed by atoms with Crippen LogP contribution in [0.4, 0.5) is 0 Å². The largest absolute Gasteiger partial charge is 0.491 e. The average molecular weight is 322 g/mol. The summed E-state index contributed by atoms with van der Waals surface area (Å²) in [5, 5.41) is 13.9. The number of rotatable bonds is 5. The van der Waals surface area contributed by atoms with Crippen LogP contribution in [0.5, 0.6) is 5.75 Å². The Kier molecular flexibility index (Phi) is 7.89. The summed E-state index contributed by atoms with van der Waals surface area (Å²) in [6, 6.07) is 3.78. The second-order valence-corrected chi connectivity index (χ2v) is 6.34. The molecular formula is C15H25Cl2NO2. The number of halogens is 2. The Hall–Kier alpha value is -0.480. The summed E-state index contributed by atoms with van der Waals surface area (Å²) < 4.78 is 5.60. The van der Waals surface area contributed by atoms with Crippen molar-refractivity contribution in [3.05, 3.63) is 28.3 Å². The molecule has 1 rings (SSSR count). The van der Waals surface area contributed by atoms with Gasteiger partial charge >= 0.3 is 0 Å². The lowest BCUT2D eigenvalue weighted by Crippen LogP contribution is -2.42. The number of aryl methyl sites for hydroxylation is 2. The number of ether oxygens (including phenoxy) is 1. The fraction of sp³-hybridized carbons (Fsp3) is 0.600. The second kappa shape index (κ2) is 8.08. The molecule has 5 heteroatoms. The Morgan fingerprint density at radius 2 is 1.75 bits per heavy atom. The van der Waals surface area contributed by atoms with Crippen molar-refractivity contribution in [1.29, 1.82) is 0 Å². The molecular weight excluding hydrogens is 297 g/mol. The minimum absolute atomic E-state index is 0. The fourth-order valence-corrected chi connectivity index (χ4v) is 1.77. The number of nitrogens with one attached hydrogen (secondary N) is 1. The molecule has 0 radical (unpaired) electrons. The van der Waals surface area contributed by atoms with E-state index >= 15 is 0 Å². The van der Waals surface area contributed by atoms with E-state index in [4.69, 9.17) is 16.3 Å². The standard InChI is InChI=1S/C15H24ClNO2.ClH/c1-10-6-13(7-11(2)14(10)16)19-9-12(18)8-17-15(3,4)5;/h6-7,12,17-18H,8-9H2,1-5H3;1H. The van der Waals surface area contributed by atoms with Crippen LogP contribution in [0.1, 0.15) is 31.9 Å². The van der Waals surface area contributed by atoms with Gasteiger partial charge in [0.15, 0.2) is 0 Å². The zero-order valence-electron chi connectivity index (χ0n) is 12.8. The molecule has 116 valence electrons. The molecule has 1 aromatic carbocycles. The van der Waals surface area contributed by atoms with Crippen LogP contribution in [-0.4, -0.2) is 29.9 Å². The molecule has 0 spiro atoms. The molecule has 0 aliphatic carbocycles. The highest BCUT2D eigenvalue weighted by Gasteiger charge is 2.13. The summed E-state index contributed by atoms with van der Waals surface area (Å²) in [5.74, 6) is 0.745. The van der Waals surface area contributed by atoms with E-state index in [1.807, 2.05) is 26.0 Å². The van der Waals surface area contributed by atoms with Gasteiger partial charge < -0.3 is 15.2 Å². The van der Waals surface area contributed by atoms with Gasteiger partial charge in [-0.1, -0.05) is 11.6 Å². The van der Waals surface area contributed by atoms with Gasteiger partial charge in [-0.05, 0) is 57.9 Å². The smallest absolute Gasteiger partial charge is 0.120 e. The van der Waals surface area contributed by atoms with Gasteiger partial charge in [0.2, 0.25) is 0 Å². The van der Waals surface area contributed by atoms with Crippen molar-refractivity contribution in [2.75, 3.05) is 13.2 Å². The quantitative estimate of drug-likeness (QED) is 0.872. The van der Waals surface area contributed by atoms with Gasteiger partial charge in [0.25, 0.3) is 0 Å². The number of hydrogen-bond donors (Lipinski definition) is 2. The summed E-state index contributed by atoms with van der Waals surface area (Å²) in [5.41, 5.74) is 1.96. The lowest BCUT2D eigenvalue weighted by molar-refractivity contribution is 0.1000. The third kappa shape index (κ3) is 6.80. The Balaban J connectivity index is 0.00000361. The van der Waals surface area contributed by atoms with E-state index in [1.165, 1.54) is 0 Å². The molecule has 1 atom stereocenters. The van der Waals surface area contributed by atoms with E-state index in [2.05, 4.69) is 26.1 Å². The summed E-state index contributed by atoms with van der Waals surface area (Å²) >= 11 is 6.10. The molecule has 20 heavy (non-hydrogen) atoms. The summed E-state index contributed by atoms with van der Waals surface area (Å²) in [6.07, 6.45) is -0.532. The molecule has 1 unspecified atom stereocenters. The van der Waals surface area contributed by atoms with Crippen LogP contribution in [0.2, 0.25) is 5.02 Å². The Morgan fingerprint density at radius 3 is 2.20 bits per heavy atom. The summed E-state index contributed by atoms with van der Waals surface area (Å²) in [4.78, 5) is 0. The molecule has 3 nitrogen and oxygen atoms in total. The van der Waals surface area contributed by atoms with Crippen LogP contribution in [0.3, 0.4) is 0 Å². The first-order valence-corrected chi connectivity index (χ1v) is 6.89. The van der Waals surface area contributed by atoms with Gasteiger partial charge in [0.1, 0.15) is 18.5 Å². The normalized spacial score (nSPS) is 12.8. The molecule has 0 saturated heterocycles. The van der Waals surface area contributed by atoms with Crippen molar-refractivity contribution in [3.63, 3.8) is 0 Å². The van der Waals surface area contributed by atoms with Crippen molar-refractivity contribution < 1.29 is 9.84 Å². The highest BCUT2D eigenvalue weighted by Crippen LogP contribution is 2.25. The highest BCUT2D eigenvalue weighted by atomic mass is 35.5. The van der Waals surface area contributed by atoms with Crippen LogP contribution in [0.25, 0.3) is 0 Å². The lowest BCUT2D eigenvalue weighted by atomic mass is 10.1. The molecule has 0 bridgehead atoms. The monoisotopic (exact) mass is 321 g/mol. The lowest BCUT2D eigenvalue weighted by Gasteiger charge is -2.23. The zero-order chi connectivity index (χ0) is 14.6. The molecule has 0 aromatic heterocycles. The summed E-state index contributed by atoms with van der Waals surface area (Å²) in [6.45, 7) is 10.9. The number of aliphatic hydroxyl groups is 1. The maximum atomic E-state index is 9.85. The predicted molar refractivity (Wildman–Crippen MR) is 87.4 cm³/mol. The molecule has 0 fully saturated rings. The van der Waals surface area contributed by atoms with Crippen molar-refractivity contribution in [1.82, 2.24) is 5.32 Å². The Labute approximate surface area is 133 Å². The van der Waals surface area contributed by atoms with Crippen molar-refractivity contribution >= 4 is 24.0 Å². The van der Waals surface area contributed by atoms with Crippen LogP contribution >= 0.6 is 24.0 Å². The van der Waals surface area contributed by atoms with Crippen LogP contribution < -0.4 is 10.1 Å². The molecule has 0 heterocycles. The van der Waals surface area contributed by atoms with Gasteiger partial charge in [-0.2, -0.15) is 0 Å². The minimum Gasteiger partial charge on any atom is -0.491 e. The average Bonchev–Trinajstić information content (AvgIpc) is 2.29. The fourth-order valence-electron chi connectivity index (χ4n) is 1.66. The maximum absolute atomic E-state index is 9.85. The molecule has 0 saturated carbocycles. The Morgan fingerprint density at radius 1 is 1.25 bits per heavy atom. The molecule has 0 aliphatic heterocycles. The zero-order valence-corrected chi connectivity index (χ0v) is 14.4. The number of aliphatic hydroxyl groups excluding tert-OH is 1. The highest BCUT2D eigenvalue weighted by molar-refractivity contribution is 6.32. The van der Waals surface area contributed by atoms with Crippen molar-refractivity contribution in [3.8, 4) is 5.75 Å². The first-order valence-electron chi connectivity index (χ1n) is 6.51. The number of hydrogen-bond acceptors (Lipinski definition) is 3. The Bertz CT molecular complexity index is 407. The molecule has 0 aliphatic rings. The first-order chi connectivity index (χ1) is 8.69. The SMILES string of the molecule is Cc1cc(OCC(O)CNC(C)(C)C)cc(C)c1Cl.Cl. The third-order valence-corrected chi connectivity index (χ3v) is 3.32. The third-order valence-electron chi connectivity index (χ3n) is 2.72. The van der Waals surface area contributed by atoms with E-state index in [1.54, 1.807) is 0 Å². The first kappa shape index (κ1) is 19.5. The second-order valence-electron chi connectivity index (χ2n) is 5.97. The van der Waals surface area contributed by atoms with E-state index in [0.717, 1.165) is 21.9 Å². The van der Waals surface area contributed by atoms with Crippen molar-refractivity contribution in [2.45, 2.75) is 46.3 Å². The van der Waals surface area contributed by atoms with E-state index in [0.29, 0.717) is 6.54 Å². The molecule has 2 N–H and O–H groups in total. The van der Waals surface area contributed by atoms with E-state index in [9.17, 15) is 5.11 Å². The van der Waals surface area contributed by atoms with Crippen LogP contribution in [0.15, 0.2) is 12.1 Å². The van der Waals surface area contributed by atoms with Crippen LogP contribution in [-0.2, 0) is 0 Å². The number of benzene rings is 1. The van der Waals surface area contributed by atoms with Crippen molar-refractivity contribution in [2.24, 2.45) is 0 Å². The van der Waals surface area contributed by atoms with Gasteiger partial charge in [0, 0.05) is 17.1 Å². The predicted octanol–water partition coefficient (Wildman–Crippen LogP) is 3.51. The topological polar surface area (TPSA) is 41.5 Å². The van der Waals surface area contributed by atoms with E-state index < -0.39 is 6.10 Å². The van der Waals surface area contributed by atoms with Gasteiger partial charge in [-0.25, -0.2) is 0 Å². The van der Waals surface area contributed by atoms with E-state index in [-0.39, 0.29) is 24.6 Å². The van der Waals surface area contributed by atoms with Crippen LogP contribution in [0, 0.1) is 13.8 Å². The van der Waals surface area contributed by atoms with Gasteiger partial charge in [-0.3, -0.25) is 0 Å². The summed E-state index contributed by atoms with van der Waals surface area (Å²) in [7, 11) is 0. The maximum Gasteiger partial charge on any atom is 0.120 e.